The molecule has 1 aliphatic rings. The Kier molecular flexibility index (Phi) is 4.47. The van der Waals surface area contributed by atoms with E-state index in [9.17, 15) is 13.2 Å². The maximum absolute atomic E-state index is 12.5. The Morgan fingerprint density at radius 3 is 2.62 bits per heavy atom. The van der Waals surface area contributed by atoms with Gasteiger partial charge in [-0.05, 0) is 29.8 Å². The van der Waals surface area contributed by atoms with Crippen molar-refractivity contribution in [2.24, 2.45) is 0 Å². The van der Waals surface area contributed by atoms with Crippen molar-refractivity contribution in [3.05, 3.63) is 58.1 Å². The van der Waals surface area contributed by atoms with Crippen LogP contribution in [0.1, 0.15) is 15.9 Å². The summed E-state index contributed by atoms with van der Waals surface area (Å²) in [4.78, 5) is 12.5. The van der Waals surface area contributed by atoms with Crippen LogP contribution >= 0.6 is 15.9 Å². The van der Waals surface area contributed by atoms with Crippen molar-refractivity contribution in [1.82, 2.24) is 0 Å². The largest absolute Gasteiger partial charge is 0.496 e. The molecule has 5 nitrogen and oxygen atoms in total. The molecular weight excluding hydrogens is 396 g/mol. The second kappa shape index (κ2) is 6.41. The van der Waals surface area contributed by atoms with E-state index in [-0.39, 0.29) is 27.7 Å². The molecule has 0 spiro atoms. The van der Waals surface area contributed by atoms with Crippen molar-refractivity contribution in [3.8, 4) is 11.5 Å². The van der Waals surface area contributed by atoms with Crippen LogP contribution in [0.15, 0.2) is 51.8 Å². The van der Waals surface area contributed by atoms with Crippen LogP contribution in [0.4, 0.5) is 0 Å². The number of methoxy groups -OCH3 is 1. The molecule has 24 heavy (non-hydrogen) atoms. The van der Waals surface area contributed by atoms with Gasteiger partial charge in [0.15, 0.2) is 11.7 Å². The van der Waals surface area contributed by atoms with Gasteiger partial charge in [-0.1, -0.05) is 34.1 Å². The quantitative estimate of drug-likeness (QED) is 0.571. The van der Waals surface area contributed by atoms with Gasteiger partial charge in [0.1, 0.15) is 16.4 Å². The molecule has 0 saturated heterocycles. The van der Waals surface area contributed by atoms with Crippen molar-refractivity contribution < 1.29 is 22.7 Å². The van der Waals surface area contributed by atoms with E-state index in [0.717, 1.165) is 10.0 Å². The zero-order valence-corrected chi connectivity index (χ0v) is 15.1. The molecule has 0 atom stereocenters. The zero-order valence-electron chi connectivity index (χ0n) is 12.7. The number of fused-ring (bicyclic) bond motifs is 1. The lowest BCUT2D eigenvalue weighted by Gasteiger charge is -2.07. The summed E-state index contributed by atoms with van der Waals surface area (Å²) in [5, 5.41) is 0. The molecule has 1 heterocycles. The smallest absolute Gasteiger partial charge is 0.216 e. The fraction of sp³-hybridized carbons (Fsp3) is 0.118. The van der Waals surface area contributed by atoms with Crippen molar-refractivity contribution in [2.45, 2.75) is 4.90 Å². The zero-order chi connectivity index (χ0) is 17.3. The summed E-state index contributed by atoms with van der Waals surface area (Å²) < 4.78 is 35.1. The first-order valence-corrected chi connectivity index (χ1v) is 9.41. The minimum atomic E-state index is -3.52. The molecule has 1 aliphatic heterocycles. The first-order valence-electron chi connectivity index (χ1n) is 6.96. The normalized spacial score (nSPS) is 15.1. The molecule has 2 aromatic rings. The van der Waals surface area contributed by atoms with E-state index in [2.05, 4.69) is 15.9 Å². The lowest BCUT2D eigenvalue weighted by Crippen LogP contribution is -2.03. The number of ketones is 1. The van der Waals surface area contributed by atoms with Gasteiger partial charge in [-0.25, -0.2) is 8.42 Å². The number of carbonyl (C=O) groups excluding carboxylic acids is 1. The summed E-state index contributed by atoms with van der Waals surface area (Å²) >= 11 is 3.34. The Morgan fingerprint density at radius 1 is 1.25 bits per heavy atom. The predicted octanol–water partition coefficient (Wildman–Crippen LogP) is 3.48. The van der Waals surface area contributed by atoms with Crippen molar-refractivity contribution >= 4 is 37.6 Å². The van der Waals surface area contributed by atoms with Gasteiger partial charge in [-0.3, -0.25) is 4.79 Å². The molecule has 0 fully saturated rings. The number of rotatable bonds is 4. The van der Waals surface area contributed by atoms with Gasteiger partial charge in [0.05, 0.1) is 12.7 Å². The Balaban J connectivity index is 1.96. The lowest BCUT2D eigenvalue weighted by molar-refractivity contribution is 0.104. The number of hydrogen-bond donors (Lipinski definition) is 0. The van der Waals surface area contributed by atoms with E-state index < -0.39 is 15.8 Å². The summed E-state index contributed by atoms with van der Waals surface area (Å²) in [7, 11) is -2.10. The molecule has 0 unspecified atom stereocenters. The summed E-state index contributed by atoms with van der Waals surface area (Å²) in [6.45, 7) is 0. The SMILES string of the molecule is COc1cc2c(cc1C(=O)/C=C/c1ccc(Br)cc1)S(=O)(=O)CO2. The number of ether oxygens (including phenoxy) is 2. The Morgan fingerprint density at radius 2 is 1.96 bits per heavy atom. The number of carbonyl (C=O) groups is 1. The Bertz CT molecular complexity index is 930. The third-order valence-corrected chi connectivity index (χ3v) is 5.48. The van der Waals surface area contributed by atoms with Crippen LogP contribution in [0.5, 0.6) is 11.5 Å². The summed E-state index contributed by atoms with van der Waals surface area (Å²) in [5.41, 5.74) is 1.03. The predicted molar refractivity (Wildman–Crippen MR) is 93.2 cm³/mol. The third-order valence-electron chi connectivity index (χ3n) is 3.53. The highest BCUT2D eigenvalue weighted by Gasteiger charge is 2.30. The third kappa shape index (κ3) is 3.22. The van der Waals surface area contributed by atoms with Gasteiger partial charge >= 0.3 is 0 Å². The highest BCUT2D eigenvalue weighted by atomic mass is 79.9. The molecule has 0 radical (unpaired) electrons. The van der Waals surface area contributed by atoms with Crippen molar-refractivity contribution in [3.63, 3.8) is 0 Å². The molecule has 0 saturated carbocycles. The van der Waals surface area contributed by atoms with E-state index in [0.29, 0.717) is 0 Å². The van der Waals surface area contributed by atoms with Crippen LogP contribution in [0.25, 0.3) is 6.08 Å². The highest BCUT2D eigenvalue weighted by Crippen LogP contribution is 2.37. The van der Waals surface area contributed by atoms with E-state index in [1.54, 1.807) is 6.08 Å². The minimum Gasteiger partial charge on any atom is -0.496 e. The van der Waals surface area contributed by atoms with E-state index in [1.807, 2.05) is 24.3 Å². The maximum atomic E-state index is 12.5. The van der Waals surface area contributed by atoms with Crippen LogP contribution in [-0.4, -0.2) is 27.2 Å². The monoisotopic (exact) mass is 408 g/mol. The Labute approximate surface area is 147 Å². The maximum Gasteiger partial charge on any atom is 0.216 e. The molecule has 124 valence electrons. The molecule has 0 bridgehead atoms. The van der Waals surface area contributed by atoms with Gasteiger partial charge < -0.3 is 9.47 Å². The number of sulfone groups is 1. The van der Waals surface area contributed by atoms with Gasteiger partial charge in [-0.15, -0.1) is 0 Å². The molecule has 2 aromatic carbocycles. The van der Waals surface area contributed by atoms with Gasteiger partial charge in [0.2, 0.25) is 9.84 Å². The number of allylic oxidation sites excluding steroid dienone is 1. The number of halogens is 1. The fourth-order valence-electron chi connectivity index (χ4n) is 2.30. The molecule has 3 rings (SSSR count). The second-order valence-electron chi connectivity index (χ2n) is 5.13. The Hall–Kier alpha value is -2.12. The molecule has 7 heteroatoms. The van der Waals surface area contributed by atoms with Crippen molar-refractivity contribution in [2.75, 3.05) is 13.0 Å². The van der Waals surface area contributed by atoms with Gasteiger partial charge in [0.25, 0.3) is 0 Å². The van der Waals surface area contributed by atoms with Crippen LogP contribution in [0.3, 0.4) is 0 Å². The number of benzene rings is 2. The van der Waals surface area contributed by atoms with Crippen molar-refractivity contribution in [1.29, 1.82) is 0 Å². The van der Waals surface area contributed by atoms with E-state index in [4.69, 9.17) is 9.47 Å². The van der Waals surface area contributed by atoms with Crippen LogP contribution in [0, 0.1) is 0 Å². The second-order valence-corrected chi connectivity index (χ2v) is 7.95. The molecule has 0 aliphatic carbocycles. The summed E-state index contributed by atoms with van der Waals surface area (Å²) in [5.74, 6) is -0.283. The van der Waals surface area contributed by atoms with Gasteiger partial charge in [-0.2, -0.15) is 0 Å². The average Bonchev–Trinajstić information content (AvgIpc) is 2.87. The van der Waals surface area contributed by atoms with Crippen LogP contribution in [0.2, 0.25) is 0 Å². The lowest BCUT2D eigenvalue weighted by atomic mass is 10.1. The van der Waals surface area contributed by atoms with Crippen LogP contribution in [-0.2, 0) is 9.84 Å². The highest BCUT2D eigenvalue weighted by molar-refractivity contribution is 9.10. The van der Waals surface area contributed by atoms with Crippen LogP contribution < -0.4 is 9.47 Å². The molecule has 0 amide bonds. The standard InChI is InChI=1S/C17H13BrO5S/c1-22-15-9-16-17(24(20,21)10-23-16)8-13(15)14(19)7-4-11-2-5-12(18)6-3-11/h2-9H,10H2,1H3/b7-4+. The topological polar surface area (TPSA) is 69.7 Å². The molecule has 0 N–H and O–H groups in total. The van der Waals surface area contributed by atoms with E-state index in [1.165, 1.54) is 25.3 Å². The van der Waals surface area contributed by atoms with E-state index >= 15 is 0 Å². The average molecular weight is 409 g/mol. The first-order chi connectivity index (χ1) is 11.4. The number of hydrogen-bond acceptors (Lipinski definition) is 5. The molecular formula is C17H13BrO5S. The first kappa shape index (κ1) is 16.7. The summed E-state index contributed by atoms with van der Waals surface area (Å²) in [6.07, 6.45) is 3.04. The van der Waals surface area contributed by atoms with Gasteiger partial charge in [0, 0.05) is 10.5 Å². The summed E-state index contributed by atoms with van der Waals surface area (Å²) in [6, 6.07) is 10.2. The minimum absolute atomic E-state index is 0.0173. The fourth-order valence-corrected chi connectivity index (χ4v) is 3.69. The molecule has 0 aromatic heterocycles.